The molecule has 2 heterocycles. The quantitative estimate of drug-likeness (QED) is 0.404. The first-order valence-corrected chi connectivity index (χ1v) is 10.8. The fraction of sp³-hybridized carbons (Fsp3) is 0.650. The second-order valence-electron chi connectivity index (χ2n) is 7.06. The number of hydrogen-bond acceptors (Lipinski definition) is 4. The number of anilines is 1. The molecule has 0 fully saturated rings. The normalized spacial score (nSPS) is 11.0. The number of hydrogen-bond donors (Lipinski definition) is 3. The van der Waals surface area contributed by atoms with Gasteiger partial charge in [-0.15, -0.1) is 0 Å². The number of carbonyl (C=O) groups is 1. The molecule has 0 spiro atoms. The molecule has 2 aromatic heterocycles. The molecule has 0 aliphatic carbocycles. The third-order valence-corrected chi connectivity index (χ3v) is 4.76. The second kappa shape index (κ2) is 12.4. The lowest BCUT2D eigenvalue weighted by Crippen LogP contribution is -2.26. The fourth-order valence-electron chi connectivity index (χ4n) is 2.98. The van der Waals surface area contributed by atoms with Gasteiger partial charge in [0.15, 0.2) is 5.82 Å². The Morgan fingerprint density at radius 2 is 1.93 bits per heavy atom. The number of nitrogens with one attached hydrogen (secondary N) is 3. The Kier molecular flexibility index (Phi) is 9.90. The van der Waals surface area contributed by atoms with Crippen LogP contribution in [0.5, 0.6) is 0 Å². The summed E-state index contributed by atoms with van der Waals surface area (Å²) in [5, 5.41) is 10.7. The van der Waals surface area contributed by atoms with E-state index in [4.69, 9.17) is 11.6 Å². The van der Waals surface area contributed by atoms with Crippen LogP contribution in [0.1, 0.15) is 74.8 Å². The second-order valence-corrected chi connectivity index (χ2v) is 7.42. The molecule has 28 heavy (non-hydrogen) atoms. The maximum Gasteiger partial charge on any atom is 0.271 e. The summed E-state index contributed by atoms with van der Waals surface area (Å²) in [6, 6.07) is 0. The topological polar surface area (TPSA) is 87.6 Å². The summed E-state index contributed by atoms with van der Waals surface area (Å²) in [5.41, 5.74) is 1.60. The molecule has 156 valence electrons. The van der Waals surface area contributed by atoms with E-state index in [2.05, 4.69) is 45.7 Å². The summed E-state index contributed by atoms with van der Waals surface area (Å²) in [6.45, 7) is 6.69. The molecule has 0 saturated heterocycles. The molecule has 7 nitrogen and oxygen atoms in total. The van der Waals surface area contributed by atoms with Gasteiger partial charge in [-0.2, -0.15) is 5.10 Å². The van der Waals surface area contributed by atoms with Crippen molar-refractivity contribution in [2.75, 3.05) is 18.4 Å². The molecular formula is C20H33ClN6O. The maximum absolute atomic E-state index is 12.4. The van der Waals surface area contributed by atoms with E-state index >= 15 is 0 Å². The highest BCUT2D eigenvalue weighted by atomic mass is 35.5. The van der Waals surface area contributed by atoms with Crippen LogP contribution in [-0.2, 0) is 13.0 Å². The fourth-order valence-corrected chi connectivity index (χ4v) is 3.16. The van der Waals surface area contributed by atoms with E-state index in [1.807, 2.05) is 10.9 Å². The lowest BCUT2D eigenvalue weighted by molar-refractivity contribution is 0.0949. The first-order valence-electron chi connectivity index (χ1n) is 10.4. The number of nitrogens with zero attached hydrogens (tertiary/aromatic N) is 3. The number of aromatic nitrogens is 4. The van der Waals surface area contributed by atoms with Gasteiger partial charge in [0.2, 0.25) is 5.28 Å². The number of carbonyl (C=O) groups excluding carboxylic acids is 1. The summed E-state index contributed by atoms with van der Waals surface area (Å²) in [7, 11) is 0. The summed E-state index contributed by atoms with van der Waals surface area (Å²) in [4.78, 5) is 19.4. The van der Waals surface area contributed by atoms with Crippen molar-refractivity contribution in [3.8, 4) is 0 Å². The molecule has 3 N–H and O–H groups in total. The van der Waals surface area contributed by atoms with Crippen molar-refractivity contribution in [2.45, 2.75) is 71.8 Å². The Labute approximate surface area is 172 Å². The van der Waals surface area contributed by atoms with Crippen LogP contribution >= 0.6 is 11.6 Å². The minimum Gasteiger partial charge on any atom is -0.368 e. The number of unbranched alkanes of at least 4 members (excludes halogenated alkanes) is 4. The predicted octanol–water partition coefficient (Wildman–Crippen LogP) is 4.41. The lowest BCUT2D eigenvalue weighted by Gasteiger charge is -2.07. The zero-order valence-corrected chi connectivity index (χ0v) is 17.8. The van der Waals surface area contributed by atoms with Gasteiger partial charge < -0.3 is 15.6 Å². The van der Waals surface area contributed by atoms with Crippen LogP contribution in [0, 0.1) is 0 Å². The molecule has 2 rings (SSSR count). The van der Waals surface area contributed by atoms with E-state index < -0.39 is 0 Å². The third-order valence-electron chi connectivity index (χ3n) is 4.58. The zero-order valence-electron chi connectivity index (χ0n) is 17.1. The molecular weight excluding hydrogens is 376 g/mol. The van der Waals surface area contributed by atoms with Crippen molar-refractivity contribution in [3.63, 3.8) is 0 Å². The molecule has 0 unspecified atom stereocenters. The average molecular weight is 409 g/mol. The predicted molar refractivity (Wildman–Crippen MR) is 114 cm³/mol. The minimum absolute atomic E-state index is 0.187. The number of imidazole rings is 1. The molecule has 0 radical (unpaired) electrons. The Balaban J connectivity index is 1.72. The van der Waals surface area contributed by atoms with Crippen LogP contribution in [-0.4, -0.2) is 38.7 Å². The van der Waals surface area contributed by atoms with Crippen LogP contribution in [0.2, 0.25) is 5.28 Å². The molecule has 0 aromatic carbocycles. The van der Waals surface area contributed by atoms with Crippen molar-refractivity contribution in [2.24, 2.45) is 0 Å². The zero-order chi connectivity index (χ0) is 20.2. The van der Waals surface area contributed by atoms with E-state index in [1.165, 1.54) is 18.4 Å². The first-order chi connectivity index (χ1) is 13.6. The van der Waals surface area contributed by atoms with Gasteiger partial charge in [0, 0.05) is 25.8 Å². The van der Waals surface area contributed by atoms with Crippen molar-refractivity contribution < 1.29 is 4.79 Å². The van der Waals surface area contributed by atoms with Gasteiger partial charge in [0.05, 0.1) is 6.20 Å². The maximum atomic E-state index is 12.4. The molecule has 8 heteroatoms. The molecule has 1 amide bonds. The van der Waals surface area contributed by atoms with Crippen molar-refractivity contribution in [1.82, 2.24) is 25.1 Å². The van der Waals surface area contributed by atoms with Crippen LogP contribution in [0.15, 0.2) is 12.4 Å². The SMILES string of the molecule is CCCCCNc1nc(Cl)[nH]c1C(=O)NCCCc1cnn(CCCCC)c1. The first kappa shape index (κ1) is 22.3. The monoisotopic (exact) mass is 408 g/mol. The van der Waals surface area contributed by atoms with E-state index in [0.29, 0.717) is 18.1 Å². The summed E-state index contributed by atoms with van der Waals surface area (Å²) in [5.74, 6) is 0.333. The Bertz CT molecular complexity index is 711. The molecule has 0 aliphatic rings. The highest BCUT2D eigenvalue weighted by Crippen LogP contribution is 2.16. The average Bonchev–Trinajstić information content (AvgIpc) is 3.29. The molecule has 0 bridgehead atoms. The highest BCUT2D eigenvalue weighted by molar-refractivity contribution is 6.28. The number of amides is 1. The molecule has 0 aliphatic heterocycles. The van der Waals surface area contributed by atoms with E-state index in [9.17, 15) is 4.79 Å². The number of halogens is 1. The van der Waals surface area contributed by atoms with E-state index in [1.54, 1.807) is 0 Å². The Morgan fingerprint density at radius 3 is 2.71 bits per heavy atom. The van der Waals surface area contributed by atoms with Gasteiger partial charge in [-0.05, 0) is 42.8 Å². The van der Waals surface area contributed by atoms with Crippen LogP contribution in [0.3, 0.4) is 0 Å². The van der Waals surface area contributed by atoms with Crippen LogP contribution in [0.4, 0.5) is 5.82 Å². The highest BCUT2D eigenvalue weighted by Gasteiger charge is 2.16. The Morgan fingerprint density at radius 1 is 1.14 bits per heavy atom. The van der Waals surface area contributed by atoms with Gasteiger partial charge in [0.1, 0.15) is 5.69 Å². The van der Waals surface area contributed by atoms with Crippen molar-refractivity contribution >= 4 is 23.3 Å². The summed E-state index contributed by atoms with van der Waals surface area (Å²) >= 11 is 5.94. The van der Waals surface area contributed by atoms with Crippen LogP contribution in [0.25, 0.3) is 0 Å². The Hall–Kier alpha value is -2.02. The number of aromatic amines is 1. The largest absolute Gasteiger partial charge is 0.368 e. The number of rotatable bonds is 14. The summed E-state index contributed by atoms with van der Waals surface area (Å²) in [6.07, 6.45) is 12.7. The van der Waals surface area contributed by atoms with Gasteiger partial charge in [-0.3, -0.25) is 9.48 Å². The van der Waals surface area contributed by atoms with Gasteiger partial charge in [-0.1, -0.05) is 39.5 Å². The molecule has 2 aromatic rings. The van der Waals surface area contributed by atoms with Crippen molar-refractivity contribution in [3.05, 3.63) is 28.9 Å². The third kappa shape index (κ3) is 7.54. The lowest BCUT2D eigenvalue weighted by atomic mass is 10.2. The smallest absolute Gasteiger partial charge is 0.271 e. The van der Waals surface area contributed by atoms with E-state index in [0.717, 1.165) is 51.6 Å². The van der Waals surface area contributed by atoms with Crippen molar-refractivity contribution in [1.29, 1.82) is 0 Å². The van der Waals surface area contributed by atoms with Crippen LogP contribution < -0.4 is 10.6 Å². The summed E-state index contributed by atoms with van der Waals surface area (Å²) < 4.78 is 2.01. The standard InChI is InChI=1S/C20H33ClN6O/c1-3-5-7-11-22-18-17(25-20(21)26-18)19(28)23-12-9-10-16-14-24-27(15-16)13-8-6-4-2/h14-15,22H,3-13H2,1-2H3,(H,23,28)(H,25,26). The molecule has 0 saturated carbocycles. The van der Waals surface area contributed by atoms with Gasteiger partial charge in [0.25, 0.3) is 5.91 Å². The minimum atomic E-state index is -0.187. The molecule has 0 atom stereocenters. The van der Waals surface area contributed by atoms with Gasteiger partial charge in [-0.25, -0.2) is 4.98 Å². The number of H-pyrrole nitrogens is 1. The van der Waals surface area contributed by atoms with E-state index in [-0.39, 0.29) is 11.2 Å². The van der Waals surface area contributed by atoms with Gasteiger partial charge >= 0.3 is 0 Å². The number of aryl methyl sites for hydroxylation is 2.